The molecule has 1 saturated heterocycles. The Morgan fingerprint density at radius 2 is 2.17 bits per heavy atom. The molecule has 1 fully saturated rings. The van der Waals surface area contributed by atoms with Crippen LogP contribution in [0.5, 0.6) is 0 Å². The van der Waals surface area contributed by atoms with Crippen molar-refractivity contribution >= 4 is 11.8 Å². The first-order valence-electron chi connectivity index (χ1n) is 6.57. The largest absolute Gasteiger partial charge is 0.385 e. The van der Waals surface area contributed by atoms with Gasteiger partial charge in [-0.25, -0.2) is 0 Å². The predicted molar refractivity (Wildman–Crippen MR) is 70.9 cm³/mol. The molecule has 0 atom stereocenters. The monoisotopic (exact) mass is 251 g/mol. The van der Waals surface area contributed by atoms with E-state index in [0.717, 1.165) is 38.5 Å². The van der Waals surface area contributed by atoms with Crippen LogP contribution in [-0.2, 0) is 4.74 Å². The summed E-state index contributed by atoms with van der Waals surface area (Å²) in [7, 11) is 1.70. The molecule has 0 unspecified atom stereocenters. The summed E-state index contributed by atoms with van der Waals surface area (Å²) in [6.07, 6.45) is 6.47. The van der Waals surface area contributed by atoms with Gasteiger partial charge in [0.25, 0.3) is 0 Å². The van der Waals surface area contributed by atoms with Gasteiger partial charge in [0.05, 0.1) is 6.20 Å². The molecule has 0 bridgehead atoms. The standard InChI is InChI=1S/C12H21N5O/c1-18-9-5-6-13-12-15-11(10-14-16-12)17-7-3-2-4-8-17/h10H,2-9H2,1H3,(H,13,15,16). The highest BCUT2D eigenvalue weighted by molar-refractivity contribution is 5.40. The Bertz CT molecular complexity index is 354. The predicted octanol–water partition coefficient (Wildman–Crippen LogP) is 1.31. The third kappa shape index (κ3) is 3.80. The molecular formula is C12H21N5O. The smallest absolute Gasteiger partial charge is 0.244 e. The number of aromatic nitrogens is 3. The van der Waals surface area contributed by atoms with E-state index in [2.05, 4.69) is 25.4 Å². The second-order valence-corrected chi connectivity index (χ2v) is 4.46. The fraction of sp³-hybridized carbons (Fsp3) is 0.750. The van der Waals surface area contributed by atoms with Crippen LogP contribution in [0.1, 0.15) is 25.7 Å². The normalized spacial score (nSPS) is 15.7. The highest BCUT2D eigenvalue weighted by Crippen LogP contribution is 2.16. The number of methoxy groups -OCH3 is 1. The average molecular weight is 251 g/mol. The van der Waals surface area contributed by atoms with Gasteiger partial charge in [-0.15, -0.1) is 5.10 Å². The minimum absolute atomic E-state index is 0.606. The first-order valence-corrected chi connectivity index (χ1v) is 6.57. The van der Waals surface area contributed by atoms with Crippen molar-refractivity contribution < 1.29 is 4.74 Å². The lowest BCUT2D eigenvalue weighted by molar-refractivity contribution is 0.197. The van der Waals surface area contributed by atoms with Crippen LogP contribution >= 0.6 is 0 Å². The molecule has 1 N–H and O–H groups in total. The molecule has 6 nitrogen and oxygen atoms in total. The second-order valence-electron chi connectivity index (χ2n) is 4.46. The summed E-state index contributed by atoms with van der Waals surface area (Å²) in [5, 5.41) is 11.2. The van der Waals surface area contributed by atoms with Gasteiger partial charge in [0.2, 0.25) is 5.95 Å². The van der Waals surface area contributed by atoms with Crippen molar-refractivity contribution in [3.8, 4) is 0 Å². The van der Waals surface area contributed by atoms with E-state index in [1.807, 2.05) is 0 Å². The number of hydrogen-bond acceptors (Lipinski definition) is 6. The number of rotatable bonds is 6. The zero-order valence-corrected chi connectivity index (χ0v) is 10.9. The average Bonchev–Trinajstić information content (AvgIpc) is 2.45. The van der Waals surface area contributed by atoms with Gasteiger partial charge >= 0.3 is 0 Å². The number of piperidine rings is 1. The minimum atomic E-state index is 0.606. The molecule has 100 valence electrons. The Morgan fingerprint density at radius 1 is 1.33 bits per heavy atom. The third-order valence-corrected chi connectivity index (χ3v) is 3.03. The molecule has 0 amide bonds. The molecule has 0 radical (unpaired) electrons. The lowest BCUT2D eigenvalue weighted by Gasteiger charge is -2.27. The van der Waals surface area contributed by atoms with Crippen LogP contribution in [0.2, 0.25) is 0 Å². The van der Waals surface area contributed by atoms with Gasteiger partial charge in [0.15, 0.2) is 5.82 Å². The summed E-state index contributed by atoms with van der Waals surface area (Å²) in [5.41, 5.74) is 0. The van der Waals surface area contributed by atoms with Crippen molar-refractivity contribution in [3.63, 3.8) is 0 Å². The highest BCUT2D eigenvalue weighted by Gasteiger charge is 2.13. The summed E-state index contributed by atoms with van der Waals surface area (Å²) in [6, 6.07) is 0. The third-order valence-electron chi connectivity index (χ3n) is 3.03. The van der Waals surface area contributed by atoms with Crippen molar-refractivity contribution in [2.45, 2.75) is 25.7 Å². The van der Waals surface area contributed by atoms with Crippen LogP contribution in [0, 0.1) is 0 Å². The molecule has 0 aromatic carbocycles. The Hall–Kier alpha value is -1.43. The SMILES string of the molecule is COCCCNc1nncc(N2CCCCC2)n1. The number of anilines is 2. The van der Waals surface area contributed by atoms with E-state index >= 15 is 0 Å². The summed E-state index contributed by atoms with van der Waals surface area (Å²) in [4.78, 5) is 6.77. The van der Waals surface area contributed by atoms with Gasteiger partial charge in [-0.2, -0.15) is 10.1 Å². The molecule has 2 heterocycles. The van der Waals surface area contributed by atoms with E-state index in [9.17, 15) is 0 Å². The van der Waals surface area contributed by atoms with E-state index < -0.39 is 0 Å². The van der Waals surface area contributed by atoms with Crippen molar-refractivity contribution in [3.05, 3.63) is 6.20 Å². The highest BCUT2D eigenvalue weighted by atomic mass is 16.5. The van der Waals surface area contributed by atoms with E-state index in [0.29, 0.717) is 5.95 Å². The summed E-state index contributed by atoms with van der Waals surface area (Å²) in [6.45, 7) is 3.69. The van der Waals surface area contributed by atoms with Crippen LogP contribution in [0.3, 0.4) is 0 Å². The molecule has 1 aliphatic rings. The molecule has 1 aliphatic heterocycles. The second kappa shape index (κ2) is 7.10. The number of nitrogens with zero attached hydrogens (tertiary/aromatic N) is 4. The van der Waals surface area contributed by atoms with Gasteiger partial charge in [-0.3, -0.25) is 0 Å². The van der Waals surface area contributed by atoms with E-state index in [1.165, 1.54) is 19.3 Å². The van der Waals surface area contributed by atoms with Crippen molar-refractivity contribution in [1.29, 1.82) is 0 Å². The lowest BCUT2D eigenvalue weighted by Crippen LogP contribution is -2.30. The Morgan fingerprint density at radius 3 is 2.94 bits per heavy atom. The minimum Gasteiger partial charge on any atom is -0.385 e. The number of hydrogen-bond donors (Lipinski definition) is 1. The van der Waals surface area contributed by atoms with Gasteiger partial charge in [0.1, 0.15) is 0 Å². The molecule has 0 saturated carbocycles. The molecular weight excluding hydrogens is 230 g/mol. The number of nitrogens with one attached hydrogen (secondary N) is 1. The topological polar surface area (TPSA) is 63.2 Å². The molecule has 6 heteroatoms. The zero-order valence-electron chi connectivity index (χ0n) is 10.9. The molecule has 2 rings (SSSR count). The fourth-order valence-corrected chi connectivity index (χ4v) is 2.06. The Kier molecular flexibility index (Phi) is 5.14. The summed E-state index contributed by atoms with van der Waals surface area (Å²) >= 11 is 0. The zero-order chi connectivity index (χ0) is 12.6. The van der Waals surface area contributed by atoms with E-state index in [-0.39, 0.29) is 0 Å². The van der Waals surface area contributed by atoms with Crippen molar-refractivity contribution in [2.24, 2.45) is 0 Å². The van der Waals surface area contributed by atoms with Crippen LogP contribution in [-0.4, -0.2) is 48.5 Å². The molecule has 0 aliphatic carbocycles. The van der Waals surface area contributed by atoms with E-state index in [1.54, 1.807) is 13.3 Å². The molecule has 0 spiro atoms. The quantitative estimate of drug-likeness (QED) is 0.769. The van der Waals surface area contributed by atoms with Crippen molar-refractivity contribution in [2.75, 3.05) is 43.6 Å². The maximum Gasteiger partial charge on any atom is 0.244 e. The number of ether oxygens (including phenoxy) is 1. The Balaban J connectivity index is 1.88. The van der Waals surface area contributed by atoms with Crippen LogP contribution in [0.25, 0.3) is 0 Å². The fourth-order valence-electron chi connectivity index (χ4n) is 2.06. The maximum absolute atomic E-state index is 4.99. The van der Waals surface area contributed by atoms with Gasteiger partial charge < -0.3 is 15.0 Å². The molecule has 1 aromatic heterocycles. The van der Waals surface area contributed by atoms with Gasteiger partial charge in [-0.05, 0) is 25.7 Å². The maximum atomic E-state index is 4.99. The Labute approximate surface area is 108 Å². The first-order chi connectivity index (χ1) is 8.90. The summed E-state index contributed by atoms with van der Waals surface area (Å²) < 4.78 is 4.99. The van der Waals surface area contributed by atoms with Crippen LogP contribution in [0.4, 0.5) is 11.8 Å². The lowest BCUT2D eigenvalue weighted by atomic mass is 10.1. The van der Waals surface area contributed by atoms with Gasteiger partial charge in [0, 0.05) is 33.4 Å². The van der Waals surface area contributed by atoms with E-state index in [4.69, 9.17) is 4.74 Å². The van der Waals surface area contributed by atoms with Gasteiger partial charge in [-0.1, -0.05) is 0 Å². The van der Waals surface area contributed by atoms with Crippen LogP contribution < -0.4 is 10.2 Å². The van der Waals surface area contributed by atoms with Crippen LogP contribution in [0.15, 0.2) is 6.20 Å². The summed E-state index contributed by atoms with van der Waals surface area (Å²) in [5.74, 6) is 1.54. The first kappa shape index (κ1) is 13.0. The van der Waals surface area contributed by atoms with Crippen molar-refractivity contribution in [1.82, 2.24) is 15.2 Å². The molecule has 1 aromatic rings. The molecule has 18 heavy (non-hydrogen) atoms.